The molecule has 0 aromatic heterocycles. The fourth-order valence-electron chi connectivity index (χ4n) is 7.58. The molecule has 1 aromatic carbocycles. The third-order valence-electron chi connectivity index (χ3n) is 9.48. The van der Waals surface area contributed by atoms with Crippen molar-refractivity contribution in [2.24, 2.45) is 29.4 Å². The van der Waals surface area contributed by atoms with Crippen LogP contribution >= 0.6 is 0 Å². The van der Waals surface area contributed by atoms with E-state index in [1.807, 2.05) is 0 Å². The largest absolute Gasteiger partial charge is 0.506 e. The summed E-state index contributed by atoms with van der Waals surface area (Å²) in [7, 11) is 2.87. The van der Waals surface area contributed by atoms with Gasteiger partial charge in [-0.05, 0) is 45.5 Å². The van der Waals surface area contributed by atoms with Crippen LogP contribution in [0.2, 0.25) is 0 Å². The summed E-state index contributed by atoms with van der Waals surface area (Å²) < 4.78 is 6.16. The summed E-state index contributed by atoms with van der Waals surface area (Å²) in [5.74, 6) is -15.1. The Morgan fingerprint density at radius 1 is 1.10 bits per heavy atom. The third kappa shape index (κ3) is 4.10. The quantitative estimate of drug-likeness (QED) is 0.255. The molecule has 5 rings (SSSR count). The number of aromatic hydroxyl groups is 1. The molecule has 8 atom stereocenters. The summed E-state index contributed by atoms with van der Waals surface area (Å²) in [5, 5.41) is 34.7. The number of phenols is 1. The lowest BCUT2D eigenvalue weighted by Gasteiger charge is -2.56. The second-order valence-corrected chi connectivity index (χ2v) is 11.9. The molecule has 0 radical (unpaired) electrons. The van der Waals surface area contributed by atoms with Crippen molar-refractivity contribution < 1.29 is 48.8 Å². The predicted octanol–water partition coefficient (Wildman–Crippen LogP) is -0.459. The lowest BCUT2D eigenvalue weighted by atomic mass is 9.49. The molecule has 220 valence electrons. The molecule has 3 fully saturated rings. The number of Topliss-reactive ketones (excluding diaryl/α,β-unsaturated/α-hetero) is 5. The van der Waals surface area contributed by atoms with Crippen LogP contribution in [0.3, 0.4) is 0 Å². The number of amides is 1. The van der Waals surface area contributed by atoms with Gasteiger partial charge in [-0.25, -0.2) is 0 Å². The van der Waals surface area contributed by atoms with Crippen molar-refractivity contribution in [3.8, 4) is 5.75 Å². The number of fused-ring (bicyclic) bond motifs is 3. The third-order valence-corrected chi connectivity index (χ3v) is 9.48. The van der Waals surface area contributed by atoms with E-state index in [1.165, 1.54) is 38.1 Å². The molecule has 2 unspecified atom stereocenters. The highest BCUT2D eigenvalue weighted by atomic mass is 16.5. The van der Waals surface area contributed by atoms with E-state index in [-0.39, 0.29) is 29.4 Å². The predicted molar refractivity (Wildman–Crippen MR) is 140 cm³/mol. The van der Waals surface area contributed by atoms with Crippen LogP contribution in [0, 0.1) is 23.7 Å². The van der Waals surface area contributed by atoms with Gasteiger partial charge < -0.3 is 25.8 Å². The molecular weight excluding hydrogens is 536 g/mol. The lowest BCUT2D eigenvalue weighted by Crippen LogP contribution is -2.78. The van der Waals surface area contributed by atoms with Crippen LogP contribution in [0.15, 0.2) is 12.1 Å². The molecule has 0 spiro atoms. The number of nitrogens with two attached hydrogens (primary N) is 1. The van der Waals surface area contributed by atoms with E-state index in [2.05, 4.69) is 0 Å². The summed E-state index contributed by atoms with van der Waals surface area (Å²) in [4.78, 5) is 80.8. The molecule has 0 bridgehead atoms. The van der Waals surface area contributed by atoms with E-state index in [0.717, 1.165) is 25.7 Å². The molecule has 1 aromatic rings. The molecule has 12 heteroatoms. The zero-order valence-corrected chi connectivity index (χ0v) is 23.0. The summed E-state index contributed by atoms with van der Waals surface area (Å²) in [6, 6.07) is 1.37. The number of benzene rings is 1. The molecule has 41 heavy (non-hydrogen) atoms. The van der Waals surface area contributed by atoms with Crippen LogP contribution in [0.5, 0.6) is 5.75 Å². The lowest BCUT2D eigenvalue weighted by molar-refractivity contribution is -0.198. The van der Waals surface area contributed by atoms with Gasteiger partial charge >= 0.3 is 0 Å². The second kappa shape index (κ2) is 10.2. The molecular formula is C29H34N2O10. The Balaban J connectivity index is 1.71. The first-order valence-electron chi connectivity index (χ1n) is 13.8. The van der Waals surface area contributed by atoms with Gasteiger partial charge in [-0.2, -0.15) is 0 Å². The van der Waals surface area contributed by atoms with E-state index in [4.69, 9.17) is 10.5 Å². The number of phenolic OH excluding ortho intramolecular Hbond substituents is 1. The fraction of sp³-hybridized carbons (Fsp3) is 0.586. The number of carbonyl (C=O) groups excluding carboxylic acids is 6. The minimum absolute atomic E-state index is 0.0705. The number of likely N-dealkylation sites (N-methyl/N-ethyl adjacent to an activating group) is 1. The van der Waals surface area contributed by atoms with E-state index in [9.17, 15) is 44.1 Å². The maximum absolute atomic E-state index is 14.2. The minimum atomic E-state index is -3.10. The maximum Gasteiger partial charge on any atom is 0.235 e. The number of ketones is 5. The van der Waals surface area contributed by atoms with Gasteiger partial charge in [0, 0.05) is 11.8 Å². The maximum atomic E-state index is 14.2. The fourth-order valence-corrected chi connectivity index (χ4v) is 7.58. The van der Waals surface area contributed by atoms with Gasteiger partial charge in [0.15, 0.2) is 40.4 Å². The van der Waals surface area contributed by atoms with Crippen molar-refractivity contribution in [3.63, 3.8) is 0 Å². The zero-order chi connectivity index (χ0) is 30.1. The number of ether oxygens (including phenoxy) is 1. The molecule has 12 nitrogen and oxygen atoms in total. The Labute approximate surface area is 235 Å². The number of nitrogens with zero attached hydrogens (tertiary/aromatic N) is 1. The van der Waals surface area contributed by atoms with Gasteiger partial charge in [0.05, 0.1) is 47.8 Å². The Bertz CT molecular complexity index is 1370. The van der Waals surface area contributed by atoms with Crippen LogP contribution in [-0.2, 0) is 23.9 Å². The van der Waals surface area contributed by atoms with Crippen molar-refractivity contribution in [1.82, 2.24) is 4.90 Å². The van der Waals surface area contributed by atoms with Crippen molar-refractivity contribution in [2.45, 2.75) is 62.4 Å². The van der Waals surface area contributed by atoms with Gasteiger partial charge in [0.1, 0.15) is 5.75 Å². The summed E-state index contributed by atoms with van der Waals surface area (Å²) in [6.07, 6.45) is 1.66. The Kier molecular flexibility index (Phi) is 7.26. The second-order valence-electron chi connectivity index (χ2n) is 11.9. The smallest absolute Gasteiger partial charge is 0.235 e. The van der Waals surface area contributed by atoms with E-state index in [1.54, 1.807) is 0 Å². The number of aliphatic hydroxyl groups excluding tert-OH is 1. The summed E-state index contributed by atoms with van der Waals surface area (Å²) in [5.41, 5.74) is 2.02. The standard InChI is InChI=1S/C29H34N2O10/c1-11(32)13-8-9-14-15(10-41-12-6-4-5-7-12)16-18(23(34)17(14)22(13)33)26(37)29(40)20(24(16)35)21(31(2)3)25(36)19(27(29)38)28(30)39/h8-9,12,15-16,18-21,24,33,35,40H,4-7,10H2,1-3H3,(H2,30,39)/t15-,16+,18?,19?,20+,21-,24-,29-/m1/s1. The highest BCUT2D eigenvalue weighted by Gasteiger charge is 2.73. The number of primary amides is 1. The number of aliphatic hydroxyl groups is 2. The summed E-state index contributed by atoms with van der Waals surface area (Å²) >= 11 is 0. The van der Waals surface area contributed by atoms with Gasteiger partial charge in [-0.3, -0.25) is 33.7 Å². The minimum Gasteiger partial charge on any atom is -0.506 e. The first-order valence-corrected chi connectivity index (χ1v) is 13.8. The van der Waals surface area contributed by atoms with Crippen LogP contribution < -0.4 is 5.73 Å². The molecule has 0 aliphatic heterocycles. The number of carbonyl (C=O) groups is 6. The Hall–Kier alpha value is -3.32. The van der Waals surface area contributed by atoms with Crippen molar-refractivity contribution in [1.29, 1.82) is 0 Å². The first-order chi connectivity index (χ1) is 19.2. The van der Waals surface area contributed by atoms with Crippen LogP contribution in [0.4, 0.5) is 0 Å². The number of hydrogen-bond acceptors (Lipinski definition) is 11. The van der Waals surface area contributed by atoms with Crippen LogP contribution in [-0.4, -0.2) is 99.6 Å². The average molecular weight is 571 g/mol. The summed E-state index contributed by atoms with van der Waals surface area (Å²) in [6.45, 7) is 1.13. The Morgan fingerprint density at radius 3 is 2.29 bits per heavy atom. The van der Waals surface area contributed by atoms with Crippen molar-refractivity contribution in [3.05, 3.63) is 28.8 Å². The molecule has 4 aliphatic rings. The molecule has 1 amide bonds. The number of rotatable bonds is 6. The van der Waals surface area contributed by atoms with E-state index in [0.29, 0.717) is 0 Å². The van der Waals surface area contributed by atoms with Crippen LogP contribution in [0.25, 0.3) is 0 Å². The van der Waals surface area contributed by atoms with Gasteiger partial charge in [-0.15, -0.1) is 0 Å². The van der Waals surface area contributed by atoms with Gasteiger partial charge in [0.25, 0.3) is 0 Å². The molecule has 3 saturated carbocycles. The topological polar surface area (TPSA) is 202 Å². The SMILES string of the molecule is CC(=O)c1ccc2c(c1O)C(=O)C1C(=O)[C@@]3(O)C(=O)C(C(N)=O)C(=O)[C@H](N(C)C)[C@H]3[C@H](O)[C@H]1[C@@H]2COC1CCCC1. The molecule has 0 saturated heterocycles. The van der Waals surface area contributed by atoms with Crippen molar-refractivity contribution >= 4 is 34.8 Å². The van der Waals surface area contributed by atoms with Gasteiger partial charge in [0.2, 0.25) is 5.91 Å². The Morgan fingerprint density at radius 2 is 1.73 bits per heavy atom. The zero-order valence-electron chi connectivity index (χ0n) is 23.0. The first kappa shape index (κ1) is 29.2. The van der Waals surface area contributed by atoms with Crippen LogP contribution in [0.1, 0.15) is 64.8 Å². The molecule has 0 heterocycles. The monoisotopic (exact) mass is 570 g/mol. The highest BCUT2D eigenvalue weighted by molar-refractivity contribution is 6.32. The highest BCUT2D eigenvalue weighted by Crippen LogP contribution is 2.55. The molecule has 4 aliphatic carbocycles. The normalized spacial score (nSPS) is 35.3. The van der Waals surface area contributed by atoms with E-state index >= 15 is 0 Å². The van der Waals surface area contributed by atoms with Gasteiger partial charge in [-0.1, -0.05) is 18.9 Å². The van der Waals surface area contributed by atoms with Crippen molar-refractivity contribution in [2.75, 3.05) is 20.7 Å². The number of hydrogen-bond donors (Lipinski definition) is 4. The average Bonchev–Trinajstić information content (AvgIpc) is 3.41. The molecule has 5 N–H and O–H groups in total. The van der Waals surface area contributed by atoms with E-state index < -0.39 is 87.9 Å².